The molecule has 0 unspecified atom stereocenters. The number of rotatable bonds is 4. The molecule has 0 amide bonds. The standard InChI is InChI=1S/C11H6F4O5/c1-20-10-8(14)6(12)5(7(13)9(10)15)3(16)2-4(17)11(18)19/h2,17H,1H3,(H,18,19). The van der Waals surface area contributed by atoms with Crippen molar-refractivity contribution in [1.82, 2.24) is 0 Å². The van der Waals surface area contributed by atoms with Gasteiger partial charge in [-0.2, -0.15) is 8.78 Å². The Bertz CT molecular complexity index is 595. The van der Waals surface area contributed by atoms with Crippen molar-refractivity contribution < 1.29 is 42.1 Å². The topological polar surface area (TPSA) is 83.8 Å². The van der Waals surface area contributed by atoms with E-state index in [2.05, 4.69) is 4.74 Å². The van der Waals surface area contributed by atoms with Gasteiger partial charge in [-0.05, 0) is 0 Å². The van der Waals surface area contributed by atoms with Crippen LogP contribution in [0, 0.1) is 23.3 Å². The van der Waals surface area contributed by atoms with Crippen molar-refractivity contribution in [2.45, 2.75) is 0 Å². The number of hydrogen-bond donors (Lipinski definition) is 2. The maximum absolute atomic E-state index is 13.5. The van der Waals surface area contributed by atoms with Crippen LogP contribution in [-0.4, -0.2) is 29.1 Å². The molecular weight excluding hydrogens is 288 g/mol. The highest BCUT2D eigenvalue weighted by molar-refractivity contribution is 6.08. The summed E-state index contributed by atoms with van der Waals surface area (Å²) in [6, 6.07) is 0. The van der Waals surface area contributed by atoms with Crippen molar-refractivity contribution in [3.05, 3.63) is 40.7 Å². The third kappa shape index (κ3) is 2.56. The number of aliphatic hydroxyl groups excluding tert-OH is 1. The van der Waals surface area contributed by atoms with Gasteiger partial charge in [-0.3, -0.25) is 4.79 Å². The smallest absolute Gasteiger partial charge is 0.371 e. The minimum absolute atomic E-state index is 0.0881. The molecule has 1 aromatic carbocycles. The van der Waals surface area contributed by atoms with E-state index in [1.165, 1.54) is 0 Å². The normalized spacial score (nSPS) is 11.3. The molecule has 0 heterocycles. The minimum atomic E-state index is -2.07. The van der Waals surface area contributed by atoms with E-state index in [1.807, 2.05) is 0 Å². The Kier molecular flexibility index (Phi) is 4.33. The monoisotopic (exact) mass is 294 g/mol. The van der Waals surface area contributed by atoms with Crippen molar-refractivity contribution in [1.29, 1.82) is 0 Å². The molecule has 5 nitrogen and oxygen atoms in total. The lowest BCUT2D eigenvalue weighted by atomic mass is 10.1. The summed E-state index contributed by atoms with van der Waals surface area (Å²) < 4.78 is 57.6. The highest BCUT2D eigenvalue weighted by Gasteiger charge is 2.29. The zero-order chi connectivity index (χ0) is 15.6. The summed E-state index contributed by atoms with van der Waals surface area (Å²) in [5.41, 5.74) is -1.69. The molecule has 1 aromatic rings. The molecule has 0 radical (unpaired) electrons. The second-order valence-corrected chi connectivity index (χ2v) is 3.36. The SMILES string of the molecule is COc1c(F)c(F)c(C(=O)C=C(O)C(=O)O)c(F)c1F. The number of ether oxygens (including phenoxy) is 1. The molecule has 2 N–H and O–H groups in total. The molecule has 0 aromatic heterocycles. The first kappa shape index (κ1) is 15.5. The summed E-state index contributed by atoms with van der Waals surface area (Å²) in [5.74, 6) is -14.7. The lowest BCUT2D eigenvalue weighted by Gasteiger charge is -2.09. The summed E-state index contributed by atoms with van der Waals surface area (Å²) in [4.78, 5) is 21.6. The molecule has 0 spiro atoms. The fourth-order valence-electron chi connectivity index (χ4n) is 1.27. The van der Waals surface area contributed by atoms with E-state index < -0.39 is 52.1 Å². The van der Waals surface area contributed by atoms with Crippen molar-refractivity contribution in [2.24, 2.45) is 0 Å². The number of ketones is 1. The van der Waals surface area contributed by atoms with Crippen molar-refractivity contribution >= 4 is 11.8 Å². The second-order valence-electron chi connectivity index (χ2n) is 3.36. The number of hydrogen-bond acceptors (Lipinski definition) is 4. The zero-order valence-corrected chi connectivity index (χ0v) is 9.71. The Labute approximate surface area is 108 Å². The summed E-state index contributed by atoms with van der Waals surface area (Å²) in [5, 5.41) is 17.0. The van der Waals surface area contributed by atoms with E-state index in [0.717, 1.165) is 7.11 Å². The molecule has 0 atom stereocenters. The second kappa shape index (κ2) is 5.59. The Balaban J connectivity index is 3.52. The van der Waals surface area contributed by atoms with Crippen LogP contribution in [0.1, 0.15) is 10.4 Å². The Hall–Kier alpha value is -2.58. The molecule has 0 saturated heterocycles. The number of carboxylic acid groups (broad SMARTS) is 1. The number of carbonyl (C=O) groups is 2. The number of aliphatic hydroxyl groups is 1. The lowest BCUT2D eigenvalue weighted by molar-refractivity contribution is -0.135. The molecule has 108 valence electrons. The summed E-state index contributed by atoms with van der Waals surface area (Å²) >= 11 is 0. The fraction of sp³-hybridized carbons (Fsp3) is 0.0909. The molecule has 0 aliphatic carbocycles. The van der Waals surface area contributed by atoms with Crippen molar-refractivity contribution in [2.75, 3.05) is 7.11 Å². The number of carbonyl (C=O) groups excluding carboxylic acids is 1. The third-order valence-corrected chi connectivity index (χ3v) is 2.16. The van der Waals surface area contributed by atoms with E-state index in [-0.39, 0.29) is 6.08 Å². The van der Waals surface area contributed by atoms with Crippen LogP contribution in [0.2, 0.25) is 0 Å². The molecular formula is C11H6F4O5. The lowest BCUT2D eigenvalue weighted by Crippen LogP contribution is -2.12. The van der Waals surface area contributed by atoms with Crippen molar-refractivity contribution in [3.8, 4) is 5.75 Å². The first-order chi connectivity index (χ1) is 9.22. The Morgan fingerprint density at radius 1 is 1.00 bits per heavy atom. The summed E-state index contributed by atoms with van der Waals surface area (Å²) in [6.45, 7) is 0. The predicted molar refractivity (Wildman–Crippen MR) is 55.5 cm³/mol. The van der Waals surface area contributed by atoms with E-state index in [0.29, 0.717) is 0 Å². The number of aliphatic carboxylic acids is 1. The number of allylic oxidation sites excluding steroid dienone is 1. The van der Waals surface area contributed by atoms with E-state index in [1.54, 1.807) is 0 Å². The van der Waals surface area contributed by atoms with Crippen molar-refractivity contribution in [3.63, 3.8) is 0 Å². The van der Waals surface area contributed by atoms with Gasteiger partial charge >= 0.3 is 5.97 Å². The van der Waals surface area contributed by atoms with Gasteiger partial charge in [0.05, 0.1) is 12.7 Å². The number of methoxy groups -OCH3 is 1. The maximum atomic E-state index is 13.5. The van der Waals surface area contributed by atoms with Gasteiger partial charge in [0.25, 0.3) is 0 Å². The molecule has 20 heavy (non-hydrogen) atoms. The summed E-state index contributed by atoms with van der Waals surface area (Å²) in [6.07, 6.45) is -0.0881. The molecule has 0 saturated carbocycles. The van der Waals surface area contributed by atoms with Gasteiger partial charge in [-0.1, -0.05) is 0 Å². The first-order valence-electron chi connectivity index (χ1n) is 4.80. The van der Waals surface area contributed by atoms with Crippen LogP contribution in [0.5, 0.6) is 5.75 Å². The third-order valence-electron chi connectivity index (χ3n) is 2.16. The fourth-order valence-corrected chi connectivity index (χ4v) is 1.27. The van der Waals surface area contributed by atoms with Crippen LogP contribution in [0.25, 0.3) is 0 Å². The minimum Gasteiger partial charge on any atom is -0.502 e. The highest BCUT2D eigenvalue weighted by atomic mass is 19.2. The van der Waals surface area contributed by atoms with Crippen LogP contribution in [0.3, 0.4) is 0 Å². The average molecular weight is 294 g/mol. The van der Waals surface area contributed by atoms with Crippen LogP contribution >= 0.6 is 0 Å². The highest BCUT2D eigenvalue weighted by Crippen LogP contribution is 2.30. The zero-order valence-electron chi connectivity index (χ0n) is 9.71. The molecule has 0 fully saturated rings. The van der Waals surface area contributed by atoms with Crippen LogP contribution in [-0.2, 0) is 4.79 Å². The predicted octanol–water partition coefficient (Wildman–Crippen LogP) is 1.96. The quantitative estimate of drug-likeness (QED) is 0.291. The van der Waals surface area contributed by atoms with Crippen LogP contribution in [0.15, 0.2) is 11.8 Å². The van der Waals surface area contributed by atoms with E-state index in [9.17, 15) is 27.2 Å². The van der Waals surface area contributed by atoms with E-state index in [4.69, 9.17) is 10.2 Å². The molecule has 1 rings (SSSR count). The van der Waals surface area contributed by atoms with Gasteiger partial charge in [-0.15, -0.1) is 0 Å². The van der Waals surface area contributed by atoms with Gasteiger partial charge in [-0.25, -0.2) is 13.6 Å². The van der Waals surface area contributed by atoms with Gasteiger partial charge in [0.2, 0.25) is 17.4 Å². The number of benzene rings is 1. The van der Waals surface area contributed by atoms with Crippen LogP contribution < -0.4 is 4.74 Å². The molecule has 0 aliphatic rings. The number of carboxylic acids is 1. The van der Waals surface area contributed by atoms with Gasteiger partial charge in [0, 0.05) is 6.08 Å². The molecule has 9 heteroatoms. The molecule has 0 aliphatic heterocycles. The summed E-state index contributed by atoms with van der Waals surface area (Å²) in [7, 11) is 0.748. The average Bonchev–Trinajstić information content (AvgIpc) is 2.37. The van der Waals surface area contributed by atoms with Gasteiger partial charge in [0.15, 0.2) is 23.2 Å². The largest absolute Gasteiger partial charge is 0.502 e. The van der Waals surface area contributed by atoms with Gasteiger partial charge < -0.3 is 14.9 Å². The first-order valence-corrected chi connectivity index (χ1v) is 4.80. The number of halogens is 4. The van der Waals surface area contributed by atoms with Crippen LogP contribution in [0.4, 0.5) is 17.6 Å². The maximum Gasteiger partial charge on any atom is 0.371 e. The Morgan fingerprint density at radius 3 is 1.80 bits per heavy atom. The Morgan fingerprint density at radius 2 is 1.45 bits per heavy atom. The molecule has 0 bridgehead atoms. The van der Waals surface area contributed by atoms with Gasteiger partial charge in [0.1, 0.15) is 0 Å². The van der Waals surface area contributed by atoms with E-state index >= 15 is 0 Å².